The second-order valence-electron chi connectivity index (χ2n) is 6.11. The number of rotatable bonds is 16. The van der Waals surface area contributed by atoms with Crippen LogP contribution in [0.4, 0.5) is 0 Å². The highest BCUT2D eigenvalue weighted by molar-refractivity contribution is 6.36. The van der Waals surface area contributed by atoms with Gasteiger partial charge >= 0.3 is 11.9 Å². The molecule has 1 saturated heterocycles. The highest BCUT2D eigenvalue weighted by Gasteiger charge is 2.52. The molecule has 0 bridgehead atoms. The van der Waals surface area contributed by atoms with Crippen LogP contribution < -0.4 is 0 Å². The summed E-state index contributed by atoms with van der Waals surface area (Å²) in [5.41, 5.74) is 0. The van der Waals surface area contributed by atoms with Gasteiger partial charge in [-0.15, -0.1) is 0 Å². The summed E-state index contributed by atoms with van der Waals surface area (Å²) in [6, 6.07) is 1.87. The van der Waals surface area contributed by atoms with Crippen LogP contribution in [0.25, 0.3) is 0 Å². The third-order valence-electron chi connectivity index (χ3n) is 4.16. The summed E-state index contributed by atoms with van der Waals surface area (Å²) >= 11 is 0. The smallest absolute Gasteiger partial charge is 0.338 e. The molecule has 1 aliphatic heterocycles. The molecule has 1 rings (SSSR count). The van der Waals surface area contributed by atoms with Crippen molar-refractivity contribution < 1.29 is 42.7 Å². The minimum Gasteiger partial charge on any atom is -0.464 e. The third kappa shape index (κ3) is 9.78. The van der Waals surface area contributed by atoms with E-state index in [9.17, 15) is 9.59 Å². The van der Waals surface area contributed by atoms with Crippen molar-refractivity contribution in [2.45, 2.75) is 49.0 Å². The molecule has 0 aromatic carbocycles. The number of methoxy groups -OCH3 is 4. The standard InChI is InChI=1S/C16H32O9Si2/c1-19-15(20-2)26-9-5-7-23-13(17)11-12(25-11)14(18)24-8-6-10-27-16(21-3)22-4/h11-12,15-16H,5-10,26-27H2,1-4H3. The molecule has 0 saturated carbocycles. The van der Waals surface area contributed by atoms with Crippen LogP contribution in [-0.2, 0) is 42.7 Å². The number of hydrogen-bond donors (Lipinski definition) is 0. The first-order valence-electron chi connectivity index (χ1n) is 9.17. The van der Waals surface area contributed by atoms with Gasteiger partial charge in [0.25, 0.3) is 0 Å². The van der Waals surface area contributed by atoms with Crippen molar-refractivity contribution in [2.24, 2.45) is 0 Å². The Morgan fingerprint density at radius 1 is 0.778 bits per heavy atom. The molecular weight excluding hydrogens is 392 g/mol. The van der Waals surface area contributed by atoms with Gasteiger partial charge in [-0.1, -0.05) is 12.1 Å². The zero-order chi connectivity index (χ0) is 20.1. The molecule has 0 aromatic heterocycles. The average Bonchev–Trinajstić information content (AvgIpc) is 3.48. The summed E-state index contributed by atoms with van der Waals surface area (Å²) in [5.74, 6) is -1.23. The van der Waals surface area contributed by atoms with Crippen molar-refractivity contribution >= 4 is 31.0 Å². The maximum Gasteiger partial charge on any atom is 0.338 e. The van der Waals surface area contributed by atoms with Gasteiger partial charge < -0.3 is 33.2 Å². The molecule has 1 heterocycles. The van der Waals surface area contributed by atoms with Gasteiger partial charge in [0.15, 0.2) is 12.2 Å². The largest absolute Gasteiger partial charge is 0.464 e. The van der Waals surface area contributed by atoms with E-state index in [0.717, 1.165) is 24.9 Å². The van der Waals surface area contributed by atoms with Crippen LogP contribution in [0, 0.1) is 0 Å². The Labute approximate surface area is 164 Å². The van der Waals surface area contributed by atoms with Crippen LogP contribution in [0.15, 0.2) is 0 Å². The van der Waals surface area contributed by atoms with Crippen molar-refractivity contribution in [1.82, 2.24) is 0 Å². The van der Waals surface area contributed by atoms with E-state index in [1.165, 1.54) is 0 Å². The summed E-state index contributed by atoms with van der Waals surface area (Å²) in [6.07, 6.45) is -0.171. The van der Waals surface area contributed by atoms with E-state index in [0.29, 0.717) is 13.2 Å². The summed E-state index contributed by atoms with van der Waals surface area (Å²) in [6.45, 7) is 0.608. The van der Waals surface area contributed by atoms with Crippen LogP contribution in [0.5, 0.6) is 0 Å². The van der Waals surface area contributed by atoms with Crippen LogP contribution in [-0.4, -0.2) is 96.7 Å². The maximum atomic E-state index is 11.8. The fourth-order valence-electron chi connectivity index (χ4n) is 2.47. The molecule has 27 heavy (non-hydrogen) atoms. The summed E-state index contributed by atoms with van der Waals surface area (Å²) in [4.78, 5) is 23.7. The first-order valence-corrected chi connectivity index (χ1v) is 12.8. The lowest BCUT2D eigenvalue weighted by Crippen LogP contribution is -2.23. The molecule has 1 aliphatic rings. The number of carbonyl (C=O) groups excluding carboxylic acids is 2. The fraction of sp³-hybridized carbons (Fsp3) is 0.875. The number of ether oxygens (including phenoxy) is 7. The molecule has 0 radical (unpaired) electrons. The second-order valence-corrected chi connectivity index (χ2v) is 10.0. The van der Waals surface area contributed by atoms with E-state index in [2.05, 4.69) is 0 Å². The lowest BCUT2D eigenvalue weighted by Gasteiger charge is -2.12. The fourth-order valence-corrected chi connectivity index (χ4v) is 5.07. The Kier molecular flexibility index (Phi) is 12.7. The minimum atomic E-state index is -0.832. The molecule has 2 atom stereocenters. The Bertz CT molecular complexity index is 392. The van der Waals surface area contributed by atoms with Gasteiger partial charge in [0.2, 0.25) is 0 Å². The molecule has 0 aromatic rings. The predicted octanol–water partition coefficient (Wildman–Crippen LogP) is -1.05. The second kappa shape index (κ2) is 14.2. The number of carbonyl (C=O) groups is 2. The van der Waals surface area contributed by atoms with Crippen LogP contribution in [0.3, 0.4) is 0 Å². The highest BCUT2D eigenvalue weighted by Crippen LogP contribution is 2.25. The Hall–Kier alpha value is -0.826. The van der Waals surface area contributed by atoms with E-state index in [1.807, 2.05) is 0 Å². The van der Waals surface area contributed by atoms with Crippen molar-refractivity contribution in [3.8, 4) is 0 Å². The normalized spacial score (nSPS) is 19.6. The molecule has 0 amide bonds. The third-order valence-corrected chi connectivity index (χ3v) is 8.26. The Morgan fingerprint density at radius 2 is 1.15 bits per heavy atom. The topological polar surface area (TPSA) is 102 Å². The van der Waals surface area contributed by atoms with E-state index in [4.69, 9.17) is 33.2 Å². The van der Waals surface area contributed by atoms with Gasteiger partial charge in [0.05, 0.1) is 32.3 Å². The average molecular weight is 425 g/mol. The monoisotopic (exact) mass is 424 g/mol. The van der Waals surface area contributed by atoms with Crippen molar-refractivity contribution in [1.29, 1.82) is 0 Å². The zero-order valence-corrected chi connectivity index (χ0v) is 19.5. The molecule has 9 nitrogen and oxygen atoms in total. The maximum absolute atomic E-state index is 11.8. The Balaban J connectivity index is 2.05. The van der Waals surface area contributed by atoms with E-state index in [1.54, 1.807) is 28.4 Å². The van der Waals surface area contributed by atoms with Gasteiger partial charge in [-0.2, -0.15) is 0 Å². The first-order chi connectivity index (χ1) is 13.1. The highest BCUT2D eigenvalue weighted by atomic mass is 28.2. The van der Waals surface area contributed by atoms with Crippen molar-refractivity contribution in [2.75, 3.05) is 41.7 Å². The van der Waals surface area contributed by atoms with Gasteiger partial charge in [-0.3, -0.25) is 0 Å². The van der Waals surface area contributed by atoms with Crippen molar-refractivity contribution in [3.63, 3.8) is 0 Å². The van der Waals surface area contributed by atoms with Gasteiger partial charge in [0.1, 0.15) is 11.8 Å². The van der Waals surface area contributed by atoms with Gasteiger partial charge in [-0.05, 0) is 12.8 Å². The number of esters is 2. The minimum absolute atomic E-state index is 0.107. The first kappa shape index (κ1) is 24.2. The number of epoxide rings is 1. The summed E-state index contributed by atoms with van der Waals surface area (Å²) in [7, 11) is 5.41. The lowest BCUT2D eigenvalue weighted by atomic mass is 10.3. The number of hydrogen-bond acceptors (Lipinski definition) is 9. The van der Waals surface area contributed by atoms with Gasteiger partial charge in [-0.25, -0.2) is 9.59 Å². The SMILES string of the molecule is COC(OC)[SiH2]CCCOC(=O)C1OC1C(=O)OCCC[SiH2]C(OC)OC. The molecule has 158 valence electrons. The molecule has 2 unspecified atom stereocenters. The quantitative estimate of drug-likeness (QED) is 0.101. The van der Waals surface area contributed by atoms with E-state index >= 15 is 0 Å². The summed E-state index contributed by atoms with van der Waals surface area (Å²) < 4.78 is 35.9. The lowest BCUT2D eigenvalue weighted by molar-refractivity contribution is -0.147. The zero-order valence-electron chi connectivity index (χ0n) is 16.6. The molecule has 11 heteroatoms. The molecular formula is C16H32O9Si2. The van der Waals surface area contributed by atoms with Crippen LogP contribution in [0.1, 0.15) is 12.8 Å². The van der Waals surface area contributed by atoms with Crippen LogP contribution >= 0.6 is 0 Å². The molecule has 0 N–H and O–H groups in total. The Morgan fingerprint density at radius 3 is 1.48 bits per heavy atom. The van der Waals surface area contributed by atoms with Crippen molar-refractivity contribution in [3.05, 3.63) is 0 Å². The van der Waals surface area contributed by atoms with Gasteiger partial charge in [0, 0.05) is 28.4 Å². The molecule has 0 spiro atoms. The molecule has 1 fully saturated rings. The summed E-state index contributed by atoms with van der Waals surface area (Å²) in [5, 5.41) is 0. The molecule has 0 aliphatic carbocycles. The van der Waals surface area contributed by atoms with E-state index < -0.39 is 43.2 Å². The van der Waals surface area contributed by atoms with Crippen LogP contribution in [0.2, 0.25) is 12.1 Å². The van der Waals surface area contributed by atoms with E-state index in [-0.39, 0.29) is 11.8 Å². The predicted molar refractivity (Wildman–Crippen MR) is 102 cm³/mol.